The molecule has 3 unspecified atom stereocenters. The molecule has 1 heterocycles. The Kier molecular flexibility index (Phi) is 5.58. The fourth-order valence-corrected chi connectivity index (χ4v) is 2.03. The van der Waals surface area contributed by atoms with E-state index in [0.717, 1.165) is 6.54 Å². The van der Waals surface area contributed by atoms with Crippen molar-refractivity contribution in [3.63, 3.8) is 0 Å². The van der Waals surface area contributed by atoms with Crippen LogP contribution >= 0.6 is 0 Å². The Morgan fingerprint density at radius 2 is 1.80 bits per heavy atom. The van der Waals surface area contributed by atoms with Gasteiger partial charge < -0.3 is 15.3 Å². The summed E-state index contributed by atoms with van der Waals surface area (Å²) in [6.45, 7) is 10.9. The fourth-order valence-electron chi connectivity index (χ4n) is 2.03. The van der Waals surface area contributed by atoms with Crippen molar-refractivity contribution in [2.45, 2.75) is 45.8 Å². The second-order valence-corrected chi connectivity index (χ2v) is 5.05. The summed E-state index contributed by atoms with van der Waals surface area (Å²) >= 11 is 0. The van der Waals surface area contributed by atoms with Crippen molar-refractivity contribution in [1.29, 1.82) is 0 Å². The quantitative estimate of drug-likeness (QED) is 0.694. The van der Waals surface area contributed by atoms with E-state index < -0.39 is 0 Å². The number of aliphatic hydroxyl groups is 1. The standard InChI is InChI=1S/C12H26N2O/c1-10(8-13-11(2)12(3)15)9-14-6-4-5-7-14/h10-13,15H,4-9H2,1-3H3. The SMILES string of the molecule is CC(CNC(C)C(C)O)CN1CCCC1. The maximum absolute atomic E-state index is 9.35. The van der Waals surface area contributed by atoms with Gasteiger partial charge in [-0.1, -0.05) is 6.92 Å². The number of hydrogen-bond donors (Lipinski definition) is 2. The number of nitrogens with one attached hydrogen (secondary N) is 1. The zero-order valence-electron chi connectivity index (χ0n) is 10.4. The van der Waals surface area contributed by atoms with Gasteiger partial charge in [0.25, 0.3) is 0 Å². The minimum Gasteiger partial charge on any atom is -0.392 e. The zero-order chi connectivity index (χ0) is 11.3. The van der Waals surface area contributed by atoms with Gasteiger partial charge in [0.05, 0.1) is 6.10 Å². The number of nitrogens with zero attached hydrogens (tertiary/aromatic N) is 1. The first-order valence-electron chi connectivity index (χ1n) is 6.23. The molecular weight excluding hydrogens is 188 g/mol. The lowest BCUT2D eigenvalue weighted by Crippen LogP contribution is -2.40. The van der Waals surface area contributed by atoms with E-state index in [2.05, 4.69) is 17.1 Å². The van der Waals surface area contributed by atoms with Crippen LogP contribution in [0.4, 0.5) is 0 Å². The van der Waals surface area contributed by atoms with Gasteiger partial charge in [0.2, 0.25) is 0 Å². The van der Waals surface area contributed by atoms with Crippen LogP contribution < -0.4 is 5.32 Å². The Morgan fingerprint density at radius 1 is 1.20 bits per heavy atom. The van der Waals surface area contributed by atoms with E-state index in [-0.39, 0.29) is 12.1 Å². The largest absolute Gasteiger partial charge is 0.392 e. The van der Waals surface area contributed by atoms with Crippen LogP contribution in [-0.4, -0.2) is 48.3 Å². The molecule has 1 rings (SSSR count). The van der Waals surface area contributed by atoms with Crippen molar-refractivity contribution in [3.05, 3.63) is 0 Å². The highest BCUT2D eigenvalue weighted by Crippen LogP contribution is 2.09. The van der Waals surface area contributed by atoms with Crippen LogP contribution in [0.25, 0.3) is 0 Å². The summed E-state index contributed by atoms with van der Waals surface area (Å²) in [7, 11) is 0. The Bertz CT molecular complexity index is 167. The van der Waals surface area contributed by atoms with Gasteiger partial charge in [-0.3, -0.25) is 0 Å². The normalized spacial score (nSPS) is 24.0. The van der Waals surface area contributed by atoms with Gasteiger partial charge >= 0.3 is 0 Å². The highest BCUT2D eigenvalue weighted by atomic mass is 16.3. The Balaban J connectivity index is 2.09. The average Bonchev–Trinajstić information content (AvgIpc) is 2.66. The molecule has 0 aromatic rings. The monoisotopic (exact) mass is 214 g/mol. The predicted molar refractivity (Wildman–Crippen MR) is 64.0 cm³/mol. The predicted octanol–water partition coefficient (Wildman–Crippen LogP) is 1.08. The van der Waals surface area contributed by atoms with Gasteiger partial charge in [0.1, 0.15) is 0 Å². The average molecular weight is 214 g/mol. The zero-order valence-corrected chi connectivity index (χ0v) is 10.4. The molecule has 1 saturated heterocycles. The Labute approximate surface area is 93.9 Å². The van der Waals surface area contributed by atoms with E-state index in [9.17, 15) is 5.11 Å². The van der Waals surface area contributed by atoms with E-state index in [4.69, 9.17) is 0 Å². The van der Waals surface area contributed by atoms with E-state index >= 15 is 0 Å². The Morgan fingerprint density at radius 3 is 2.33 bits per heavy atom. The van der Waals surface area contributed by atoms with Gasteiger partial charge in [-0.05, 0) is 52.2 Å². The summed E-state index contributed by atoms with van der Waals surface area (Å²) in [5.74, 6) is 0.671. The third-order valence-corrected chi connectivity index (χ3v) is 3.28. The summed E-state index contributed by atoms with van der Waals surface area (Å²) in [5.41, 5.74) is 0. The summed E-state index contributed by atoms with van der Waals surface area (Å²) < 4.78 is 0. The molecule has 3 atom stereocenters. The number of rotatable bonds is 6. The maximum atomic E-state index is 9.35. The smallest absolute Gasteiger partial charge is 0.0662 e. The van der Waals surface area contributed by atoms with Crippen LogP contribution in [0.3, 0.4) is 0 Å². The minimum absolute atomic E-state index is 0.200. The van der Waals surface area contributed by atoms with Crippen LogP contribution in [0.1, 0.15) is 33.6 Å². The van der Waals surface area contributed by atoms with E-state index in [1.54, 1.807) is 0 Å². The van der Waals surface area contributed by atoms with Gasteiger partial charge in [-0.15, -0.1) is 0 Å². The van der Waals surface area contributed by atoms with E-state index in [0.29, 0.717) is 5.92 Å². The molecular formula is C12H26N2O. The molecule has 2 N–H and O–H groups in total. The summed E-state index contributed by atoms with van der Waals surface area (Å²) in [5, 5.41) is 12.7. The minimum atomic E-state index is -0.260. The van der Waals surface area contributed by atoms with Crippen LogP contribution in [0.2, 0.25) is 0 Å². The molecule has 0 amide bonds. The highest BCUT2D eigenvalue weighted by molar-refractivity contribution is 4.72. The third-order valence-electron chi connectivity index (χ3n) is 3.28. The number of aliphatic hydroxyl groups excluding tert-OH is 1. The van der Waals surface area contributed by atoms with Gasteiger partial charge in [0.15, 0.2) is 0 Å². The number of hydrogen-bond acceptors (Lipinski definition) is 3. The lowest BCUT2D eigenvalue weighted by molar-refractivity contribution is 0.148. The Hall–Kier alpha value is -0.120. The van der Waals surface area contributed by atoms with Crippen molar-refractivity contribution in [3.8, 4) is 0 Å². The molecule has 0 saturated carbocycles. The first-order valence-corrected chi connectivity index (χ1v) is 6.23. The molecule has 0 aliphatic carbocycles. The van der Waals surface area contributed by atoms with Gasteiger partial charge in [-0.2, -0.15) is 0 Å². The topological polar surface area (TPSA) is 35.5 Å². The van der Waals surface area contributed by atoms with Crippen LogP contribution in [0.15, 0.2) is 0 Å². The van der Waals surface area contributed by atoms with Crippen LogP contribution in [0.5, 0.6) is 0 Å². The van der Waals surface area contributed by atoms with E-state index in [1.165, 1.54) is 32.5 Å². The molecule has 3 heteroatoms. The highest BCUT2D eigenvalue weighted by Gasteiger charge is 2.15. The van der Waals surface area contributed by atoms with Gasteiger partial charge in [0, 0.05) is 12.6 Å². The van der Waals surface area contributed by atoms with Crippen LogP contribution in [0, 0.1) is 5.92 Å². The second kappa shape index (κ2) is 6.46. The summed E-state index contributed by atoms with van der Waals surface area (Å²) in [6.07, 6.45) is 2.47. The van der Waals surface area contributed by atoms with Crippen molar-refractivity contribution in [1.82, 2.24) is 10.2 Å². The molecule has 1 aliphatic rings. The molecule has 1 aliphatic heterocycles. The van der Waals surface area contributed by atoms with Crippen molar-refractivity contribution in [2.24, 2.45) is 5.92 Å². The summed E-state index contributed by atoms with van der Waals surface area (Å²) in [4.78, 5) is 2.54. The van der Waals surface area contributed by atoms with E-state index in [1.807, 2.05) is 13.8 Å². The summed E-state index contributed by atoms with van der Waals surface area (Å²) in [6, 6.07) is 0.200. The molecule has 1 fully saturated rings. The lowest BCUT2D eigenvalue weighted by atomic mass is 10.1. The van der Waals surface area contributed by atoms with Crippen LogP contribution in [-0.2, 0) is 0 Å². The lowest BCUT2D eigenvalue weighted by Gasteiger charge is -2.23. The van der Waals surface area contributed by atoms with Crippen molar-refractivity contribution < 1.29 is 5.11 Å². The molecule has 0 aromatic heterocycles. The molecule has 90 valence electrons. The molecule has 0 bridgehead atoms. The first-order chi connectivity index (χ1) is 7.09. The van der Waals surface area contributed by atoms with Crippen molar-refractivity contribution >= 4 is 0 Å². The molecule has 3 nitrogen and oxygen atoms in total. The molecule has 15 heavy (non-hydrogen) atoms. The molecule has 0 spiro atoms. The van der Waals surface area contributed by atoms with Gasteiger partial charge in [-0.25, -0.2) is 0 Å². The van der Waals surface area contributed by atoms with Crippen molar-refractivity contribution in [2.75, 3.05) is 26.2 Å². The maximum Gasteiger partial charge on any atom is 0.0662 e. The third kappa shape index (κ3) is 4.96. The first kappa shape index (κ1) is 12.9. The fraction of sp³-hybridized carbons (Fsp3) is 1.00. The second-order valence-electron chi connectivity index (χ2n) is 5.05. The number of likely N-dealkylation sites (tertiary alicyclic amines) is 1. The molecule has 0 radical (unpaired) electrons. The molecule has 0 aromatic carbocycles.